The average Bonchev–Trinajstić information content (AvgIpc) is 2.96. The van der Waals surface area contributed by atoms with Gasteiger partial charge in [0, 0.05) is 38.3 Å². The van der Waals surface area contributed by atoms with Crippen LogP contribution in [0, 0.1) is 0 Å². The number of benzene rings is 1. The molecule has 22 heavy (non-hydrogen) atoms. The fourth-order valence-corrected chi connectivity index (χ4v) is 3.37. The van der Waals surface area contributed by atoms with E-state index in [1.54, 1.807) is 6.26 Å². The molecule has 2 heterocycles. The first-order valence-corrected chi connectivity index (χ1v) is 9.04. The van der Waals surface area contributed by atoms with Crippen molar-refractivity contribution in [2.75, 3.05) is 32.4 Å². The zero-order chi connectivity index (χ0) is 15.6. The maximum Gasteiger partial charge on any atom is 0.226 e. The van der Waals surface area contributed by atoms with Crippen LogP contribution in [0.4, 0.5) is 0 Å². The Balaban J connectivity index is 1.60. The van der Waals surface area contributed by atoms with E-state index in [0.29, 0.717) is 38.6 Å². The Morgan fingerprint density at radius 3 is 2.45 bits per heavy atom. The normalized spacial score (nSPS) is 17.7. The minimum absolute atomic E-state index is 0.530. The minimum atomic E-state index is -3.08. The smallest absolute Gasteiger partial charge is 0.226 e. The van der Waals surface area contributed by atoms with Gasteiger partial charge in [-0.1, -0.05) is 18.2 Å². The van der Waals surface area contributed by atoms with E-state index in [9.17, 15) is 8.42 Å². The molecule has 3 rings (SSSR count). The fraction of sp³-hybridized carbons (Fsp3) is 0.400. The van der Waals surface area contributed by atoms with E-state index >= 15 is 0 Å². The number of nitrogens with zero attached hydrogens (tertiary/aromatic N) is 3. The Morgan fingerprint density at radius 1 is 1.14 bits per heavy atom. The highest BCUT2D eigenvalue weighted by molar-refractivity contribution is 7.88. The number of oxazole rings is 1. The third kappa shape index (κ3) is 3.55. The Hall–Kier alpha value is -1.70. The van der Waals surface area contributed by atoms with Crippen LogP contribution < -0.4 is 0 Å². The molecule has 0 atom stereocenters. The third-order valence-electron chi connectivity index (χ3n) is 3.76. The van der Waals surface area contributed by atoms with Crippen molar-refractivity contribution in [1.82, 2.24) is 14.2 Å². The summed E-state index contributed by atoms with van der Waals surface area (Å²) in [5.41, 5.74) is 1.82. The lowest BCUT2D eigenvalue weighted by molar-refractivity contribution is 0.180. The lowest BCUT2D eigenvalue weighted by Crippen LogP contribution is -2.47. The van der Waals surface area contributed by atoms with Gasteiger partial charge in [0.1, 0.15) is 6.26 Å². The van der Waals surface area contributed by atoms with Gasteiger partial charge in [0.2, 0.25) is 15.9 Å². The zero-order valence-electron chi connectivity index (χ0n) is 12.5. The van der Waals surface area contributed by atoms with Gasteiger partial charge in [-0.2, -0.15) is 4.31 Å². The van der Waals surface area contributed by atoms with Gasteiger partial charge in [0.15, 0.2) is 0 Å². The van der Waals surface area contributed by atoms with E-state index in [1.807, 2.05) is 30.3 Å². The second-order valence-corrected chi connectivity index (χ2v) is 7.43. The summed E-state index contributed by atoms with van der Waals surface area (Å²) in [6.07, 6.45) is 2.93. The predicted molar refractivity (Wildman–Crippen MR) is 83.6 cm³/mol. The number of aromatic nitrogens is 1. The van der Waals surface area contributed by atoms with Crippen LogP contribution in [0.25, 0.3) is 11.5 Å². The molecule has 0 spiro atoms. The first-order chi connectivity index (χ1) is 10.5. The van der Waals surface area contributed by atoms with Crippen LogP contribution >= 0.6 is 0 Å². The van der Waals surface area contributed by atoms with E-state index in [4.69, 9.17) is 4.42 Å². The maximum atomic E-state index is 11.5. The first kappa shape index (κ1) is 15.2. The van der Waals surface area contributed by atoms with Crippen LogP contribution in [0.1, 0.15) is 5.69 Å². The SMILES string of the molecule is CS(=O)(=O)N1CCN(Cc2coc(-c3ccccc3)n2)CC1. The monoisotopic (exact) mass is 321 g/mol. The van der Waals surface area contributed by atoms with Crippen molar-refractivity contribution in [2.24, 2.45) is 0 Å². The Labute approximate surface area is 130 Å². The molecule has 0 aliphatic carbocycles. The Morgan fingerprint density at radius 2 is 1.82 bits per heavy atom. The van der Waals surface area contributed by atoms with Crippen molar-refractivity contribution >= 4 is 10.0 Å². The maximum absolute atomic E-state index is 11.5. The molecule has 0 bridgehead atoms. The standard InChI is InChI=1S/C15H19N3O3S/c1-22(19,20)18-9-7-17(8-10-18)11-14-12-21-15(16-14)13-5-3-2-4-6-13/h2-6,12H,7-11H2,1H3. The molecule has 1 aliphatic heterocycles. The highest BCUT2D eigenvalue weighted by Crippen LogP contribution is 2.19. The Bertz CT molecular complexity index is 720. The van der Waals surface area contributed by atoms with Crippen LogP contribution in [0.5, 0.6) is 0 Å². The van der Waals surface area contributed by atoms with Gasteiger partial charge in [-0.3, -0.25) is 4.90 Å². The van der Waals surface area contributed by atoms with Crippen LogP contribution in [0.2, 0.25) is 0 Å². The molecular formula is C15H19N3O3S. The molecule has 0 radical (unpaired) electrons. The van der Waals surface area contributed by atoms with Crippen molar-refractivity contribution in [2.45, 2.75) is 6.54 Å². The van der Waals surface area contributed by atoms with Gasteiger partial charge < -0.3 is 4.42 Å². The summed E-state index contributed by atoms with van der Waals surface area (Å²) in [4.78, 5) is 6.69. The molecule has 0 N–H and O–H groups in total. The largest absolute Gasteiger partial charge is 0.444 e. The molecular weight excluding hydrogens is 302 g/mol. The number of sulfonamides is 1. The highest BCUT2D eigenvalue weighted by Gasteiger charge is 2.23. The molecule has 0 unspecified atom stereocenters. The predicted octanol–water partition coefficient (Wildman–Crippen LogP) is 1.42. The quantitative estimate of drug-likeness (QED) is 0.852. The average molecular weight is 321 g/mol. The van der Waals surface area contributed by atoms with Crippen molar-refractivity contribution in [3.63, 3.8) is 0 Å². The number of piperazine rings is 1. The minimum Gasteiger partial charge on any atom is -0.444 e. The molecule has 6 nitrogen and oxygen atoms in total. The van der Waals surface area contributed by atoms with E-state index in [0.717, 1.165) is 11.3 Å². The highest BCUT2D eigenvalue weighted by atomic mass is 32.2. The van der Waals surface area contributed by atoms with Crippen molar-refractivity contribution in [3.05, 3.63) is 42.3 Å². The summed E-state index contributed by atoms with van der Waals surface area (Å²) in [5.74, 6) is 0.616. The van der Waals surface area contributed by atoms with Crippen molar-refractivity contribution in [1.29, 1.82) is 0 Å². The molecule has 0 amide bonds. The second-order valence-electron chi connectivity index (χ2n) is 5.45. The number of hydrogen-bond donors (Lipinski definition) is 0. The van der Waals surface area contributed by atoms with E-state index in [-0.39, 0.29) is 0 Å². The van der Waals surface area contributed by atoms with Gasteiger partial charge in [0.05, 0.1) is 11.9 Å². The first-order valence-electron chi connectivity index (χ1n) is 7.20. The van der Waals surface area contributed by atoms with Crippen LogP contribution in [0.3, 0.4) is 0 Å². The van der Waals surface area contributed by atoms with Crippen LogP contribution in [-0.4, -0.2) is 55.0 Å². The molecule has 2 aromatic rings. The summed E-state index contributed by atoms with van der Waals surface area (Å²) in [6.45, 7) is 3.15. The van der Waals surface area contributed by atoms with Gasteiger partial charge in [0.25, 0.3) is 0 Å². The van der Waals surface area contributed by atoms with E-state index in [1.165, 1.54) is 10.6 Å². The summed E-state index contributed by atoms with van der Waals surface area (Å²) >= 11 is 0. The van der Waals surface area contributed by atoms with E-state index < -0.39 is 10.0 Å². The van der Waals surface area contributed by atoms with Gasteiger partial charge in [-0.25, -0.2) is 13.4 Å². The van der Waals surface area contributed by atoms with Crippen molar-refractivity contribution < 1.29 is 12.8 Å². The number of hydrogen-bond acceptors (Lipinski definition) is 5. The molecule has 118 valence electrons. The van der Waals surface area contributed by atoms with E-state index in [2.05, 4.69) is 9.88 Å². The molecule has 7 heteroatoms. The summed E-state index contributed by atoms with van der Waals surface area (Å²) in [5, 5.41) is 0. The topological polar surface area (TPSA) is 66.7 Å². The van der Waals surface area contributed by atoms with Gasteiger partial charge >= 0.3 is 0 Å². The lowest BCUT2D eigenvalue weighted by Gasteiger charge is -2.32. The summed E-state index contributed by atoms with van der Waals surface area (Å²) in [6, 6.07) is 9.77. The Kier molecular flexibility index (Phi) is 4.28. The molecule has 1 aliphatic rings. The summed E-state index contributed by atoms with van der Waals surface area (Å²) in [7, 11) is -3.08. The number of rotatable bonds is 4. The second kappa shape index (κ2) is 6.20. The van der Waals surface area contributed by atoms with Gasteiger partial charge in [-0.15, -0.1) is 0 Å². The molecule has 1 aromatic heterocycles. The van der Waals surface area contributed by atoms with Gasteiger partial charge in [-0.05, 0) is 12.1 Å². The van der Waals surface area contributed by atoms with Crippen LogP contribution in [0.15, 0.2) is 41.0 Å². The van der Waals surface area contributed by atoms with Crippen molar-refractivity contribution in [3.8, 4) is 11.5 Å². The molecule has 1 saturated heterocycles. The summed E-state index contributed by atoms with van der Waals surface area (Å²) < 4.78 is 30.0. The molecule has 1 fully saturated rings. The molecule has 1 aromatic carbocycles. The molecule has 0 saturated carbocycles. The van der Waals surface area contributed by atoms with Crippen LogP contribution in [-0.2, 0) is 16.6 Å². The lowest BCUT2D eigenvalue weighted by atomic mass is 10.2. The fourth-order valence-electron chi connectivity index (χ4n) is 2.54. The third-order valence-corrected chi connectivity index (χ3v) is 5.06. The zero-order valence-corrected chi connectivity index (χ0v) is 13.3.